The topological polar surface area (TPSA) is 90.9 Å². The minimum absolute atomic E-state index is 0.00302. The minimum Gasteiger partial charge on any atom is -0.485 e. The number of amides is 2. The van der Waals surface area contributed by atoms with Gasteiger partial charge in [-0.05, 0) is 43.4 Å². The lowest BCUT2D eigenvalue weighted by molar-refractivity contribution is -0.137. The Bertz CT molecular complexity index is 921. The van der Waals surface area contributed by atoms with Crippen LogP contribution < -0.4 is 14.8 Å². The number of benzene rings is 1. The Morgan fingerprint density at radius 1 is 1.14 bits per heavy atom. The van der Waals surface area contributed by atoms with E-state index in [9.17, 15) is 14.4 Å². The van der Waals surface area contributed by atoms with Gasteiger partial charge in [0, 0.05) is 10.3 Å². The molecule has 0 unspecified atom stereocenters. The molecule has 0 radical (unpaired) electrons. The molecule has 2 amide bonds. The van der Waals surface area contributed by atoms with Gasteiger partial charge >= 0.3 is 5.97 Å². The Morgan fingerprint density at radius 3 is 2.79 bits per heavy atom. The number of rotatable bonds is 4. The van der Waals surface area contributed by atoms with Crippen LogP contribution in [0.2, 0.25) is 0 Å². The summed E-state index contributed by atoms with van der Waals surface area (Å²) < 4.78 is 16.1. The molecule has 1 N–H and O–H groups in total. The molecule has 0 saturated heterocycles. The highest BCUT2D eigenvalue weighted by Crippen LogP contribution is 2.31. The second kappa shape index (κ2) is 8.02. The Balaban J connectivity index is 1.28. The third-order valence-electron chi connectivity index (χ3n) is 4.68. The maximum absolute atomic E-state index is 12.3. The van der Waals surface area contributed by atoms with Crippen molar-refractivity contribution in [3.63, 3.8) is 0 Å². The van der Waals surface area contributed by atoms with E-state index in [1.54, 1.807) is 41.0 Å². The van der Waals surface area contributed by atoms with E-state index in [4.69, 9.17) is 14.2 Å². The number of imide groups is 1. The molecule has 1 aromatic carbocycles. The van der Waals surface area contributed by atoms with Crippen LogP contribution in [0.1, 0.15) is 33.6 Å². The summed E-state index contributed by atoms with van der Waals surface area (Å²) in [6.45, 7) is -0.531. The predicted octanol–water partition coefficient (Wildman–Crippen LogP) is 2.27. The van der Waals surface area contributed by atoms with Crippen molar-refractivity contribution in [1.29, 1.82) is 0 Å². The lowest BCUT2D eigenvalue weighted by Crippen LogP contribution is -2.47. The SMILES string of the molecule is O=C(COC(=O)c1csc2c1CCCC2)NC(=O)[C@@H]1COc2ccccc2O1. The second-order valence-corrected chi connectivity index (χ2v) is 7.58. The molecule has 146 valence electrons. The van der Waals surface area contributed by atoms with E-state index in [0.29, 0.717) is 17.1 Å². The average molecular weight is 401 g/mol. The van der Waals surface area contributed by atoms with Gasteiger partial charge in [-0.2, -0.15) is 0 Å². The number of para-hydroxylation sites is 2. The van der Waals surface area contributed by atoms with Crippen molar-refractivity contribution >= 4 is 29.1 Å². The quantitative estimate of drug-likeness (QED) is 0.791. The highest BCUT2D eigenvalue weighted by molar-refractivity contribution is 7.10. The molecule has 8 heteroatoms. The van der Waals surface area contributed by atoms with E-state index < -0.39 is 30.5 Å². The van der Waals surface area contributed by atoms with E-state index >= 15 is 0 Å². The third-order valence-corrected chi connectivity index (χ3v) is 5.77. The molecule has 0 fully saturated rings. The van der Waals surface area contributed by atoms with Gasteiger partial charge in [0.05, 0.1) is 5.56 Å². The van der Waals surface area contributed by atoms with Gasteiger partial charge in [-0.3, -0.25) is 14.9 Å². The second-order valence-electron chi connectivity index (χ2n) is 6.61. The van der Waals surface area contributed by atoms with Gasteiger partial charge in [-0.25, -0.2) is 4.79 Å². The van der Waals surface area contributed by atoms with Gasteiger partial charge in [-0.15, -0.1) is 11.3 Å². The maximum Gasteiger partial charge on any atom is 0.339 e. The Kier molecular flexibility index (Phi) is 5.29. The first kappa shape index (κ1) is 18.5. The first-order chi connectivity index (χ1) is 13.6. The van der Waals surface area contributed by atoms with Crippen molar-refractivity contribution in [3.05, 3.63) is 45.6 Å². The number of fused-ring (bicyclic) bond motifs is 2. The molecule has 2 heterocycles. The lowest BCUT2D eigenvalue weighted by atomic mass is 9.96. The summed E-state index contributed by atoms with van der Waals surface area (Å²) in [5, 5.41) is 3.97. The molecule has 0 bridgehead atoms. The number of hydrogen-bond donors (Lipinski definition) is 1. The molecule has 0 spiro atoms. The number of aryl methyl sites for hydroxylation is 1. The van der Waals surface area contributed by atoms with Crippen LogP contribution in [-0.4, -0.2) is 37.1 Å². The third kappa shape index (κ3) is 3.87. The molecule has 1 aliphatic carbocycles. The van der Waals surface area contributed by atoms with Crippen molar-refractivity contribution in [1.82, 2.24) is 5.32 Å². The minimum atomic E-state index is -0.946. The van der Waals surface area contributed by atoms with E-state index in [1.165, 1.54) is 4.88 Å². The van der Waals surface area contributed by atoms with Gasteiger partial charge in [0.25, 0.3) is 11.8 Å². The van der Waals surface area contributed by atoms with Crippen LogP contribution in [-0.2, 0) is 27.2 Å². The first-order valence-electron chi connectivity index (χ1n) is 9.10. The smallest absolute Gasteiger partial charge is 0.339 e. The highest BCUT2D eigenvalue weighted by atomic mass is 32.1. The number of carbonyl (C=O) groups excluding carboxylic acids is 3. The fourth-order valence-electron chi connectivity index (χ4n) is 3.28. The molecular weight excluding hydrogens is 382 g/mol. The number of nitrogens with one attached hydrogen (secondary N) is 1. The van der Waals surface area contributed by atoms with Crippen LogP contribution in [0, 0.1) is 0 Å². The van der Waals surface area contributed by atoms with Crippen molar-refractivity contribution in [2.24, 2.45) is 0 Å². The van der Waals surface area contributed by atoms with Gasteiger partial charge < -0.3 is 14.2 Å². The first-order valence-corrected chi connectivity index (χ1v) is 9.98. The summed E-state index contributed by atoms with van der Waals surface area (Å²) in [5.74, 6) is -0.887. The largest absolute Gasteiger partial charge is 0.485 e. The normalized spacial score (nSPS) is 17.4. The fourth-order valence-corrected chi connectivity index (χ4v) is 4.39. The van der Waals surface area contributed by atoms with E-state index in [0.717, 1.165) is 31.2 Å². The summed E-state index contributed by atoms with van der Waals surface area (Å²) in [7, 11) is 0. The number of thiophene rings is 1. The zero-order valence-corrected chi connectivity index (χ0v) is 15.9. The molecule has 2 aromatic rings. The van der Waals surface area contributed by atoms with Crippen molar-refractivity contribution in [2.45, 2.75) is 31.8 Å². The highest BCUT2D eigenvalue weighted by Gasteiger charge is 2.29. The summed E-state index contributed by atoms with van der Waals surface area (Å²) in [4.78, 5) is 37.7. The predicted molar refractivity (Wildman–Crippen MR) is 101 cm³/mol. The van der Waals surface area contributed by atoms with Crippen LogP contribution in [0.4, 0.5) is 0 Å². The maximum atomic E-state index is 12.3. The van der Waals surface area contributed by atoms with Gasteiger partial charge in [0.15, 0.2) is 18.1 Å². The standard InChI is InChI=1S/C20H19NO6S/c22-18(10-26-20(24)13-11-28-17-8-4-1-5-12(13)17)21-19(23)16-9-25-14-6-2-3-7-15(14)27-16/h2-3,6-7,11,16H,1,4-5,8-10H2,(H,21,22,23)/t16-/m0/s1. The molecule has 28 heavy (non-hydrogen) atoms. The van der Waals surface area contributed by atoms with Crippen LogP contribution in [0.15, 0.2) is 29.6 Å². The van der Waals surface area contributed by atoms with Crippen LogP contribution >= 0.6 is 11.3 Å². The monoisotopic (exact) mass is 401 g/mol. The van der Waals surface area contributed by atoms with E-state index in [1.807, 2.05) is 0 Å². The summed E-state index contributed by atoms with van der Waals surface area (Å²) in [6.07, 6.45) is 3.07. The molecule has 0 saturated carbocycles. The fraction of sp³-hybridized carbons (Fsp3) is 0.350. The molecule has 4 rings (SSSR count). The van der Waals surface area contributed by atoms with Crippen LogP contribution in [0.3, 0.4) is 0 Å². The number of esters is 1. The molecular formula is C20H19NO6S. The van der Waals surface area contributed by atoms with Gasteiger partial charge in [0.2, 0.25) is 6.10 Å². The Hall–Kier alpha value is -2.87. The van der Waals surface area contributed by atoms with Crippen molar-refractivity contribution in [2.75, 3.05) is 13.2 Å². The van der Waals surface area contributed by atoms with E-state index in [-0.39, 0.29) is 6.61 Å². The van der Waals surface area contributed by atoms with Crippen LogP contribution in [0.25, 0.3) is 0 Å². The van der Waals surface area contributed by atoms with Crippen molar-refractivity contribution < 1.29 is 28.6 Å². The summed E-state index contributed by atoms with van der Waals surface area (Å²) >= 11 is 1.55. The summed E-state index contributed by atoms with van der Waals surface area (Å²) in [5.41, 5.74) is 1.56. The molecule has 2 aliphatic rings. The van der Waals surface area contributed by atoms with Crippen molar-refractivity contribution in [3.8, 4) is 11.5 Å². The van der Waals surface area contributed by atoms with E-state index in [2.05, 4.69) is 5.32 Å². The zero-order chi connectivity index (χ0) is 19.5. The molecule has 1 aromatic heterocycles. The van der Waals surface area contributed by atoms with Gasteiger partial charge in [0.1, 0.15) is 6.61 Å². The molecule has 1 atom stereocenters. The zero-order valence-electron chi connectivity index (χ0n) is 15.1. The Morgan fingerprint density at radius 2 is 1.93 bits per heavy atom. The summed E-state index contributed by atoms with van der Waals surface area (Å²) in [6, 6.07) is 6.97. The number of ether oxygens (including phenoxy) is 3. The molecule has 7 nitrogen and oxygen atoms in total. The molecule has 1 aliphatic heterocycles. The van der Waals surface area contributed by atoms with Gasteiger partial charge in [-0.1, -0.05) is 12.1 Å². The average Bonchev–Trinajstić information content (AvgIpc) is 3.16. The Labute approximate surface area is 165 Å². The lowest BCUT2D eigenvalue weighted by Gasteiger charge is -2.25. The van der Waals surface area contributed by atoms with Crippen LogP contribution in [0.5, 0.6) is 11.5 Å². The number of hydrogen-bond acceptors (Lipinski definition) is 7. The number of carbonyl (C=O) groups is 3.